The van der Waals surface area contributed by atoms with Crippen molar-refractivity contribution >= 4 is 11.7 Å². The van der Waals surface area contributed by atoms with E-state index < -0.39 is 0 Å². The Balaban J connectivity index is 2.22. The maximum absolute atomic E-state index is 8.79. The molecule has 6 nitrogen and oxygen atoms in total. The molecule has 112 valence electrons. The van der Waals surface area contributed by atoms with Gasteiger partial charge in [-0.25, -0.2) is 0 Å². The molecular formula is C16H15N3O3. The Morgan fingerprint density at radius 1 is 1.05 bits per heavy atom. The summed E-state index contributed by atoms with van der Waals surface area (Å²) >= 11 is 0. The lowest BCUT2D eigenvalue weighted by Crippen LogP contribution is -2.19. The smallest absolute Gasteiger partial charge is 0.310 e. The Bertz CT molecular complexity index is 694. The summed E-state index contributed by atoms with van der Waals surface area (Å²) in [4.78, 5) is 3.63. The zero-order valence-electron chi connectivity index (χ0n) is 12.2. The number of methoxy groups -OCH3 is 2. The van der Waals surface area contributed by atoms with E-state index in [1.807, 2.05) is 18.2 Å². The van der Waals surface area contributed by atoms with Crippen LogP contribution in [0.5, 0.6) is 17.2 Å². The van der Waals surface area contributed by atoms with Crippen molar-refractivity contribution < 1.29 is 14.2 Å². The zero-order chi connectivity index (χ0) is 15.8. The molecule has 2 aromatic carbocycles. The predicted octanol–water partition coefficient (Wildman–Crippen LogP) is 3.03. The normalized spacial score (nSPS) is 10.5. The van der Waals surface area contributed by atoms with Gasteiger partial charge in [-0.05, 0) is 24.3 Å². The number of nitrogens with one attached hydrogen (secondary N) is 1. The molecule has 1 N–H and O–H groups in total. The molecule has 0 atom stereocenters. The number of nitriles is 1. The summed E-state index contributed by atoms with van der Waals surface area (Å²) in [6, 6.07) is 14.3. The highest BCUT2D eigenvalue weighted by molar-refractivity contribution is 5.92. The Morgan fingerprint density at radius 2 is 1.82 bits per heavy atom. The number of hydrogen-bond acceptors (Lipinski definition) is 5. The molecule has 2 rings (SSSR count). The quantitative estimate of drug-likeness (QED) is 0.533. The van der Waals surface area contributed by atoms with Gasteiger partial charge in [0, 0.05) is 6.07 Å². The molecule has 0 aliphatic rings. The molecule has 0 saturated heterocycles. The van der Waals surface area contributed by atoms with Crippen molar-refractivity contribution in [1.82, 2.24) is 0 Å². The van der Waals surface area contributed by atoms with Crippen molar-refractivity contribution in [1.29, 1.82) is 5.26 Å². The van der Waals surface area contributed by atoms with E-state index >= 15 is 0 Å². The monoisotopic (exact) mass is 297 g/mol. The molecule has 0 fully saturated rings. The van der Waals surface area contributed by atoms with Gasteiger partial charge in [0.1, 0.15) is 17.2 Å². The second-order valence-electron chi connectivity index (χ2n) is 4.12. The lowest BCUT2D eigenvalue weighted by molar-refractivity contribution is 0.395. The van der Waals surface area contributed by atoms with Crippen LogP contribution in [0.15, 0.2) is 53.5 Å². The first-order chi connectivity index (χ1) is 10.8. The first kappa shape index (κ1) is 15.2. The van der Waals surface area contributed by atoms with Crippen molar-refractivity contribution in [2.75, 3.05) is 19.5 Å². The van der Waals surface area contributed by atoms with E-state index in [9.17, 15) is 0 Å². The molecule has 0 saturated carbocycles. The van der Waals surface area contributed by atoms with Crippen molar-refractivity contribution in [3.05, 3.63) is 48.5 Å². The zero-order valence-corrected chi connectivity index (χ0v) is 12.2. The molecule has 0 unspecified atom stereocenters. The van der Waals surface area contributed by atoms with Crippen LogP contribution in [0.2, 0.25) is 0 Å². The molecule has 0 bridgehead atoms. The highest BCUT2D eigenvalue weighted by atomic mass is 16.5. The van der Waals surface area contributed by atoms with Gasteiger partial charge in [-0.15, -0.1) is 4.99 Å². The first-order valence-corrected chi connectivity index (χ1v) is 6.45. The summed E-state index contributed by atoms with van der Waals surface area (Å²) in [5, 5.41) is 11.7. The molecule has 0 spiro atoms. The van der Waals surface area contributed by atoms with Crippen LogP contribution >= 0.6 is 0 Å². The summed E-state index contributed by atoms with van der Waals surface area (Å²) < 4.78 is 16.0. The van der Waals surface area contributed by atoms with Crippen LogP contribution in [0.1, 0.15) is 0 Å². The molecule has 0 aromatic heterocycles. The van der Waals surface area contributed by atoms with E-state index in [2.05, 4.69) is 10.3 Å². The molecule has 0 heterocycles. The third-order valence-electron chi connectivity index (χ3n) is 2.76. The summed E-state index contributed by atoms with van der Waals surface area (Å²) in [5.41, 5.74) is 0.605. The summed E-state index contributed by atoms with van der Waals surface area (Å²) in [6.07, 6.45) is 1.70. The SMILES string of the molecule is COc1ccc(N/C(=N\C#N)Oc2ccccc2)c(OC)c1. The number of amidine groups is 1. The van der Waals surface area contributed by atoms with Crippen LogP contribution in [-0.4, -0.2) is 20.2 Å². The van der Waals surface area contributed by atoms with Crippen LogP contribution in [0.25, 0.3) is 0 Å². The van der Waals surface area contributed by atoms with Crippen molar-refractivity contribution in [3.63, 3.8) is 0 Å². The number of nitrogens with zero attached hydrogens (tertiary/aromatic N) is 2. The van der Waals surface area contributed by atoms with Crippen LogP contribution in [0, 0.1) is 11.5 Å². The van der Waals surface area contributed by atoms with Gasteiger partial charge in [0.05, 0.1) is 19.9 Å². The van der Waals surface area contributed by atoms with Gasteiger partial charge in [0.15, 0.2) is 0 Å². The molecule has 0 amide bonds. The highest BCUT2D eigenvalue weighted by Crippen LogP contribution is 2.29. The lowest BCUT2D eigenvalue weighted by atomic mass is 10.2. The third kappa shape index (κ3) is 3.90. The number of benzene rings is 2. The number of para-hydroxylation sites is 1. The van der Waals surface area contributed by atoms with Crippen LogP contribution < -0.4 is 19.5 Å². The maximum atomic E-state index is 8.79. The fraction of sp³-hybridized carbons (Fsp3) is 0.125. The number of anilines is 1. The Hall–Kier alpha value is -3.20. The summed E-state index contributed by atoms with van der Waals surface area (Å²) in [7, 11) is 3.11. The highest BCUT2D eigenvalue weighted by Gasteiger charge is 2.09. The molecule has 0 aliphatic carbocycles. The second-order valence-corrected chi connectivity index (χ2v) is 4.12. The standard InChI is InChI=1S/C16H15N3O3/c1-20-13-8-9-14(15(10-13)21-2)19-16(18-11-17)22-12-6-4-3-5-7-12/h3-10H,1-2H3,(H,18,19). The number of hydrogen-bond donors (Lipinski definition) is 1. The largest absolute Gasteiger partial charge is 0.497 e. The van der Waals surface area contributed by atoms with E-state index in [4.69, 9.17) is 19.5 Å². The lowest BCUT2D eigenvalue weighted by Gasteiger charge is -2.13. The summed E-state index contributed by atoms with van der Waals surface area (Å²) in [5.74, 6) is 1.77. The van der Waals surface area contributed by atoms with Crippen molar-refractivity contribution in [2.24, 2.45) is 4.99 Å². The molecule has 6 heteroatoms. The van der Waals surface area contributed by atoms with E-state index in [-0.39, 0.29) is 6.02 Å². The average Bonchev–Trinajstić information content (AvgIpc) is 2.56. The van der Waals surface area contributed by atoms with Gasteiger partial charge in [0.25, 0.3) is 0 Å². The molecule has 2 aromatic rings. The van der Waals surface area contributed by atoms with Crippen molar-refractivity contribution in [3.8, 4) is 23.4 Å². The first-order valence-electron chi connectivity index (χ1n) is 6.45. The van der Waals surface area contributed by atoms with Gasteiger partial charge in [-0.2, -0.15) is 5.26 Å². The molecule has 0 aliphatic heterocycles. The Morgan fingerprint density at radius 3 is 2.45 bits per heavy atom. The predicted molar refractivity (Wildman–Crippen MR) is 83.3 cm³/mol. The molecular weight excluding hydrogens is 282 g/mol. The minimum Gasteiger partial charge on any atom is -0.497 e. The van der Waals surface area contributed by atoms with E-state index in [0.717, 1.165) is 0 Å². The number of ether oxygens (including phenoxy) is 3. The minimum absolute atomic E-state index is 0.0529. The topological polar surface area (TPSA) is 75.9 Å². The molecule has 0 radical (unpaired) electrons. The van der Waals surface area contributed by atoms with Crippen LogP contribution in [0.4, 0.5) is 5.69 Å². The van der Waals surface area contributed by atoms with Gasteiger partial charge in [-0.1, -0.05) is 18.2 Å². The van der Waals surface area contributed by atoms with Crippen molar-refractivity contribution in [2.45, 2.75) is 0 Å². The number of rotatable bonds is 4. The summed E-state index contributed by atoms with van der Waals surface area (Å²) in [6.45, 7) is 0. The average molecular weight is 297 g/mol. The van der Waals surface area contributed by atoms with Gasteiger partial charge in [0.2, 0.25) is 6.19 Å². The minimum atomic E-state index is 0.0529. The van der Waals surface area contributed by atoms with E-state index in [0.29, 0.717) is 22.9 Å². The van der Waals surface area contributed by atoms with Gasteiger partial charge >= 0.3 is 6.02 Å². The van der Waals surface area contributed by atoms with E-state index in [1.165, 1.54) is 0 Å². The Kier molecular flexibility index (Phi) is 5.21. The maximum Gasteiger partial charge on any atom is 0.310 e. The van der Waals surface area contributed by atoms with Crippen LogP contribution in [0.3, 0.4) is 0 Å². The third-order valence-corrected chi connectivity index (χ3v) is 2.76. The van der Waals surface area contributed by atoms with Crippen LogP contribution in [-0.2, 0) is 0 Å². The van der Waals surface area contributed by atoms with Gasteiger partial charge in [-0.3, -0.25) is 0 Å². The second kappa shape index (κ2) is 7.55. The molecule has 22 heavy (non-hydrogen) atoms. The fourth-order valence-electron chi connectivity index (χ4n) is 1.74. The van der Waals surface area contributed by atoms with Gasteiger partial charge < -0.3 is 19.5 Å². The number of aliphatic imine (C=N–C) groups is 1. The fourth-order valence-corrected chi connectivity index (χ4v) is 1.74. The van der Waals surface area contributed by atoms with E-state index in [1.54, 1.807) is 50.7 Å². The Labute approximate surface area is 128 Å².